The van der Waals surface area contributed by atoms with Crippen LogP contribution in [-0.2, 0) is 16.1 Å². The summed E-state index contributed by atoms with van der Waals surface area (Å²) in [6, 6.07) is 20.4. The fourth-order valence-corrected chi connectivity index (χ4v) is 4.74. The van der Waals surface area contributed by atoms with Gasteiger partial charge in [-0.1, -0.05) is 60.7 Å². The Hall–Kier alpha value is -4.33. The molecule has 0 fully saturated rings. The predicted octanol–water partition coefficient (Wildman–Crippen LogP) is 3.52. The zero-order valence-electron chi connectivity index (χ0n) is 19.3. The molecule has 3 heterocycles. The molecule has 2 aliphatic heterocycles. The summed E-state index contributed by atoms with van der Waals surface area (Å²) in [5, 5.41) is 5.87. The minimum atomic E-state index is -0.866. The van der Waals surface area contributed by atoms with E-state index in [1.165, 1.54) is 0 Å². The van der Waals surface area contributed by atoms with Crippen LogP contribution in [0.3, 0.4) is 0 Å². The first kappa shape index (κ1) is 22.5. The molecule has 3 aromatic rings. The second-order valence-electron chi connectivity index (χ2n) is 8.44. The highest BCUT2D eigenvalue weighted by Crippen LogP contribution is 2.39. The average molecular weight is 471 g/mol. The number of urea groups is 1. The summed E-state index contributed by atoms with van der Waals surface area (Å²) < 4.78 is 5.34. The summed E-state index contributed by atoms with van der Waals surface area (Å²) in [4.78, 5) is 43.5. The number of furan rings is 1. The van der Waals surface area contributed by atoms with Crippen molar-refractivity contribution in [1.82, 2.24) is 20.4 Å². The van der Waals surface area contributed by atoms with E-state index < -0.39 is 12.1 Å². The molecule has 0 spiro atoms. The summed E-state index contributed by atoms with van der Waals surface area (Å²) in [6.45, 7) is 2.64. The lowest BCUT2D eigenvalue weighted by atomic mass is 9.95. The Bertz CT molecular complexity index is 1250. The van der Waals surface area contributed by atoms with E-state index in [2.05, 4.69) is 10.6 Å². The van der Waals surface area contributed by atoms with Crippen LogP contribution in [0.25, 0.3) is 0 Å². The van der Waals surface area contributed by atoms with Gasteiger partial charge >= 0.3 is 6.03 Å². The smallest absolute Gasteiger partial charge is 0.322 e. The molecule has 8 nitrogen and oxygen atoms in total. The van der Waals surface area contributed by atoms with Gasteiger partial charge in [0.2, 0.25) is 5.91 Å². The van der Waals surface area contributed by atoms with Gasteiger partial charge in [-0.25, -0.2) is 4.79 Å². The fraction of sp³-hybridized carbons (Fsp3) is 0.222. The molecule has 0 saturated heterocycles. The van der Waals surface area contributed by atoms with Crippen molar-refractivity contribution >= 4 is 17.8 Å². The second kappa shape index (κ2) is 9.50. The van der Waals surface area contributed by atoms with E-state index >= 15 is 0 Å². The number of rotatable bonds is 7. The van der Waals surface area contributed by atoms with Gasteiger partial charge in [-0.05, 0) is 30.2 Å². The Morgan fingerprint density at radius 3 is 2.43 bits per heavy atom. The van der Waals surface area contributed by atoms with E-state index in [4.69, 9.17) is 4.42 Å². The SMILES string of the molecule is CCN1C(=O)NC(c2ccccc2)C2=C1CN(C(C(=O)NCc1ccco1)c1ccccc1)C2=O. The van der Waals surface area contributed by atoms with Gasteiger partial charge in [0.25, 0.3) is 5.91 Å². The zero-order valence-corrected chi connectivity index (χ0v) is 19.3. The number of hydrogen-bond acceptors (Lipinski definition) is 4. The Kier molecular flexibility index (Phi) is 6.10. The first-order chi connectivity index (χ1) is 17.1. The standard InChI is InChI=1S/C27H26N4O4/c1-2-30-21-17-31(26(33)22(21)23(29-27(30)34)18-10-5-3-6-11-18)24(19-12-7-4-8-13-19)25(32)28-16-20-14-9-15-35-20/h3-15,23-24H,2,16-17H2,1H3,(H,28,32)(H,29,34). The van der Waals surface area contributed by atoms with Crippen LogP contribution in [0.15, 0.2) is 94.7 Å². The van der Waals surface area contributed by atoms with Gasteiger partial charge in [0, 0.05) is 6.54 Å². The maximum Gasteiger partial charge on any atom is 0.322 e. The van der Waals surface area contributed by atoms with E-state index in [9.17, 15) is 14.4 Å². The lowest BCUT2D eigenvalue weighted by Gasteiger charge is -2.32. The van der Waals surface area contributed by atoms with Crippen LogP contribution in [0.1, 0.15) is 35.9 Å². The number of nitrogens with zero attached hydrogens (tertiary/aromatic N) is 2. The molecule has 8 heteroatoms. The van der Waals surface area contributed by atoms with Crippen LogP contribution in [0, 0.1) is 0 Å². The summed E-state index contributed by atoms with van der Waals surface area (Å²) in [6.07, 6.45) is 1.55. The molecule has 0 saturated carbocycles. The summed E-state index contributed by atoms with van der Waals surface area (Å²) in [5.41, 5.74) is 2.64. The summed E-state index contributed by atoms with van der Waals surface area (Å²) >= 11 is 0. The van der Waals surface area contributed by atoms with E-state index in [0.717, 1.165) is 5.56 Å². The third-order valence-corrected chi connectivity index (χ3v) is 6.39. The van der Waals surface area contributed by atoms with Crippen LogP contribution in [0.2, 0.25) is 0 Å². The first-order valence-corrected chi connectivity index (χ1v) is 11.6. The van der Waals surface area contributed by atoms with E-state index in [-0.39, 0.29) is 30.9 Å². The van der Waals surface area contributed by atoms with E-state index in [1.807, 2.05) is 67.6 Å². The molecular weight excluding hydrogens is 444 g/mol. The highest BCUT2D eigenvalue weighted by atomic mass is 16.3. The number of amides is 4. The number of benzene rings is 2. The molecule has 5 rings (SSSR count). The third-order valence-electron chi connectivity index (χ3n) is 6.39. The lowest BCUT2D eigenvalue weighted by molar-refractivity contribution is -0.136. The minimum absolute atomic E-state index is 0.159. The summed E-state index contributed by atoms with van der Waals surface area (Å²) in [7, 11) is 0. The quantitative estimate of drug-likeness (QED) is 0.552. The molecule has 2 N–H and O–H groups in total. The van der Waals surface area contributed by atoms with Crippen LogP contribution >= 0.6 is 0 Å². The maximum absolute atomic E-state index is 13.9. The molecule has 0 aliphatic carbocycles. The maximum atomic E-state index is 13.9. The van der Waals surface area contributed by atoms with Gasteiger partial charge in [0.05, 0.1) is 36.7 Å². The van der Waals surface area contributed by atoms with Crippen molar-refractivity contribution < 1.29 is 18.8 Å². The van der Waals surface area contributed by atoms with Crippen molar-refractivity contribution in [2.45, 2.75) is 25.6 Å². The lowest BCUT2D eigenvalue weighted by Crippen LogP contribution is -2.47. The van der Waals surface area contributed by atoms with Crippen LogP contribution in [0.5, 0.6) is 0 Å². The predicted molar refractivity (Wildman–Crippen MR) is 129 cm³/mol. The second-order valence-corrected chi connectivity index (χ2v) is 8.44. The van der Waals surface area contributed by atoms with Gasteiger partial charge < -0.3 is 20.0 Å². The molecule has 178 valence electrons. The van der Waals surface area contributed by atoms with Crippen molar-refractivity contribution in [3.05, 3.63) is 107 Å². The molecule has 1 aromatic heterocycles. The van der Waals surface area contributed by atoms with Gasteiger partial charge in [-0.2, -0.15) is 0 Å². The number of likely N-dealkylation sites (N-methyl/N-ethyl adjacent to an activating group) is 1. The van der Waals surface area contributed by atoms with Crippen molar-refractivity contribution in [2.75, 3.05) is 13.1 Å². The van der Waals surface area contributed by atoms with Crippen molar-refractivity contribution in [3.63, 3.8) is 0 Å². The Labute approximate surface area is 203 Å². The normalized spacial score (nSPS) is 18.4. The molecule has 2 aromatic carbocycles. The van der Waals surface area contributed by atoms with Crippen LogP contribution in [0.4, 0.5) is 4.79 Å². The molecule has 2 aliphatic rings. The molecule has 2 atom stereocenters. The van der Waals surface area contributed by atoms with Crippen molar-refractivity contribution in [2.24, 2.45) is 0 Å². The molecular formula is C27H26N4O4. The average Bonchev–Trinajstić information content (AvgIpc) is 3.52. The van der Waals surface area contributed by atoms with Crippen molar-refractivity contribution in [3.8, 4) is 0 Å². The number of hydrogen-bond donors (Lipinski definition) is 2. The number of carbonyl (C=O) groups is 3. The van der Waals surface area contributed by atoms with E-state index in [0.29, 0.717) is 29.1 Å². The molecule has 0 radical (unpaired) electrons. The first-order valence-electron chi connectivity index (χ1n) is 11.6. The molecule has 35 heavy (non-hydrogen) atoms. The van der Waals surface area contributed by atoms with Crippen LogP contribution in [-0.4, -0.2) is 40.7 Å². The molecule has 2 unspecified atom stereocenters. The van der Waals surface area contributed by atoms with Crippen LogP contribution < -0.4 is 10.6 Å². The Morgan fingerprint density at radius 1 is 1.06 bits per heavy atom. The summed E-state index contributed by atoms with van der Waals surface area (Å²) in [5.74, 6) is 0.0279. The molecule has 4 amide bonds. The highest BCUT2D eigenvalue weighted by molar-refractivity contribution is 6.03. The van der Waals surface area contributed by atoms with Gasteiger partial charge in [0.1, 0.15) is 11.8 Å². The number of carbonyl (C=O) groups excluding carboxylic acids is 3. The fourth-order valence-electron chi connectivity index (χ4n) is 4.74. The Morgan fingerprint density at radius 2 is 1.77 bits per heavy atom. The van der Waals surface area contributed by atoms with E-state index in [1.54, 1.807) is 28.2 Å². The van der Waals surface area contributed by atoms with Gasteiger partial charge in [-0.3, -0.25) is 14.5 Å². The monoisotopic (exact) mass is 470 g/mol. The Balaban J connectivity index is 1.50. The minimum Gasteiger partial charge on any atom is -0.467 e. The van der Waals surface area contributed by atoms with Gasteiger partial charge in [-0.15, -0.1) is 0 Å². The zero-order chi connectivity index (χ0) is 24.4. The highest BCUT2D eigenvalue weighted by Gasteiger charge is 2.47. The number of nitrogens with one attached hydrogen (secondary N) is 2. The molecule has 0 bridgehead atoms. The largest absolute Gasteiger partial charge is 0.467 e. The topological polar surface area (TPSA) is 94.9 Å². The van der Waals surface area contributed by atoms with Crippen molar-refractivity contribution in [1.29, 1.82) is 0 Å². The third kappa shape index (κ3) is 4.19. The van der Waals surface area contributed by atoms with Gasteiger partial charge in [0.15, 0.2) is 0 Å².